The van der Waals surface area contributed by atoms with E-state index in [1.54, 1.807) is 41.1 Å². The molecule has 0 radical (unpaired) electrons. The highest BCUT2D eigenvalue weighted by atomic mass is 16.3. The SMILES string of the molecule is O=C(Nc1ccn([C@H]2CC[C@H](CO)CC2)c(=O)n1)c1ccccc1. The van der Waals surface area contributed by atoms with Gasteiger partial charge in [-0.05, 0) is 49.8 Å². The van der Waals surface area contributed by atoms with Crippen molar-refractivity contribution < 1.29 is 9.90 Å². The quantitative estimate of drug-likeness (QED) is 0.902. The first-order valence-electron chi connectivity index (χ1n) is 8.24. The summed E-state index contributed by atoms with van der Waals surface area (Å²) in [5.74, 6) is 0.312. The minimum atomic E-state index is -0.353. The number of rotatable bonds is 4. The van der Waals surface area contributed by atoms with Crippen LogP contribution in [-0.4, -0.2) is 27.2 Å². The molecular formula is C18H21N3O3. The molecule has 1 heterocycles. The van der Waals surface area contributed by atoms with Gasteiger partial charge in [0.25, 0.3) is 5.91 Å². The average Bonchev–Trinajstić information content (AvgIpc) is 2.63. The van der Waals surface area contributed by atoms with Crippen LogP contribution < -0.4 is 11.0 Å². The minimum absolute atomic E-state index is 0.117. The van der Waals surface area contributed by atoms with Gasteiger partial charge in [0, 0.05) is 24.4 Å². The zero-order valence-electron chi connectivity index (χ0n) is 13.4. The number of nitrogens with one attached hydrogen (secondary N) is 1. The number of hydrogen-bond donors (Lipinski definition) is 2. The summed E-state index contributed by atoms with van der Waals surface area (Å²) in [5.41, 5.74) is 0.166. The third-order valence-corrected chi connectivity index (χ3v) is 4.58. The monoisotopic (exact) mass is 327 g/mol. The highest BCUT2D eigenvalue weighted by molar-refractivity contribution is 6.03. The van der Waals surface area contributed by atoms with Gasteiger partial charge in [-0.2, -0.15) is 4.98 Å². The van der Waals surface area contributed by atoms with E-state index in [0.29, 0.717) is 11.5 Å². The lowest BCUT2D eigenvalue weighted by Crippen LogP contribution is -2.30. The van der Waals surface area contributed by atoms with Crippen molar-refractivity contribution in [2.45, 2.75) is 31.7 Å². The van der Waals surface area contributed by atoms with E-state index in [0.717, 1.165) is 25.7 Å². The zero-order valence-corrected chi connectivity index (χ0v) is 13.4. The van der Waals surface area contributed by atoms with Crippen molar-refractivity contribution in [3.63, 3.8) is 0 Å². The Bertz CT molecular complexity index is 750. The van der Waals surface area contributed by atoms with Crippen LogP contribution in [0.2, 0.25) is 0 Å². The van der Waals surface area contributed by atoms with Crippen molar-refractivity contribution in [3.05, 3.63) is 58.6 Å². The maximum absolute atomic E-state index is 12.3. The molecule has 0 atom stereocenters. The van der Waals surface area contributed by atoms with E-state index in [9.17, 15) is 14.7 Å². The summed E-state index contributed by atoms with van der Waals surface area (Å²) in [7, 11) is 0. The summed E-state index contributed by atoms with van der Waals surface area (Å²) in [6.07, 6.45) is 5.26. The van der Waals surface area contributed by atoms with Crippen molar-refractivity contribution in [2.75, 3.05) is 11.9 Å². The van der Waals surface area contributed by atoms with Crippen LogP contribution in [0, 0.1) is 5.92 Å². The molecule has 1 saturated carbocycles. The van der Waals surface area contributed by atoms with Gasteiger partial charge in [-0.15, -0.1) is 0 Å². The standard InChI is InChI=1S/C18H21N3O3/c22-12-13-6-8-15(9-7-13)21-11-10-16(20-18(21)24)19-17(23)14-4-2-1-3-5-14/h1-5,10-11,13,15,22H,6-9,12H2,(H,19,20,23,24)/t13-,15-. The molecule has 6 nitrogen and oxygen atoms in total. The topological polar surface area (TPSA) is 84.2 Å². The molecule has 2 aromatic rings. The number of hydrogen-bond acceptors (Lipinski definition) is 4. The molecule has 6 heteroatoms. The third-order valence-electron chi connectivity index (χ3n) is 4.58. The Morgan fingerprint density at radius 2 is 1.88 bits per heavy atom. The molecule has 0 bridgehead atoms. The van der Waals surface area contributed by atoms with Gasteiger partial charge in [0.1, 0.15) is 5.82 Å². The summed E-state index contributed by atoms with van der Waals surface area (Å²) in [5, 5.41) is 11.8. The zero-order chi connectivity index (χ0) is 16.9. The number of aliphatic hydroxyl groups is 1. The minimum Gasteiger partial charge on any atom is -0.396 e. The lowest BCUT2D eigenvalue weighted by atomic mass is 9.86. The number of amides is 1. The molecular weight excluding hydrogens is 306 g/mol. The number of nitrogens with zero attached hydrogens (tertiary/aromatic N) is 2. The highest BCUT2D eigenvalue weighted by Crippen LogP contribution is 2.30. The molecule has 2 N–H and O–H groups in total. The second kappa shape index (κ2) is 7.40. The van der Waals surface area contributed by atoms with Crippen LogP contribution in [0.15, 0.2) is 47.4 Å². The molecule has 126 valence electrons. The Labute approximate surface area is 140 Å². The second-order valence-electron chi connectivity index (χ2n) is 6.18. The molecule has 3 rings (SSSR count). The van der Waals surface area contributed by atoms with Crippen LogP contribution in [0.1, 0.15) is 42.1 Å². The summed E-state index contributed by atoms with van der Waals surface area (Å²) in [6, 6.07) is 10.6. The first kappa shape index (κ1) is 16.4. The Morgan fingerprint density at radius 3 is 2.50 bits per heavy atom. The lowest BCUT2D eigenvalue weighted by Gasteiger charge is -2.28. The normalized spacial score (nSPS) is 20.5. The fourth-order valence-electron chi connectivity index (χ4n) is 3.14. The Hall–Kier alpha value is -2.47. The molecule has 1 aromatic heterocycles. The number of carbonyl (C=O) groups excluding carboxylic acids is 1. The Balaban J connectivity index is 1.69. The summed E-state index contributed by atoms with van der Waals surface area (Å²) >= 11 is 0. The van der Waals surface area contributed by atoms with Crippen molar-refractivity contribution in [1.82, 2.24) is 9.55 Å². The van der Waals surface area contributed by atoms with Crippen LogP contribution >= 0.6 is 0 Å². The molecule has 0 unspecified atom stereocenters. The Kier molecular flexibility index (Phi) is 5.05. The van der Waals surface area contributed by atoms with Gasteiger partial charge in [-0.1, -0.05) is 18.2 Å². The number of aliphatic hydroxyl groups excluding tert-OH is 1. The Morgan fingerprint density at radius 1 is 1.17 bits per heavy atom. The predicted octanol–water partition coefficient (Wildman–Crippen LogP) is 2.22. The molecule has 0 spiro atoms. The second-order valence-corrected chi connectivity index (χ2v) is 6.18. The van der Waals surface area contributed by atoms with Gasteiger partial charge in [0.15, 0.2) is 0 Å². The van der Waals surface area contributed by atoms with Gasteiger partial charge in [-0.25, -0.2) is 4.79 Å². The predicted molar refractivity (Wildman–Crippen MR) is 91.0 cm³/mol. The molecule has 1 aliphatic carbocycles. The van der Waals surface area contributed by atoms with Crippen LogP contribution in [-0.2, 0) is 0 Å². The van der Waals surface area contributed by atoms with Crippen molar-refractivity contribution in [1.29, 1.82) is 0 Å². The third kappa shape index (κ3) is 3.71. The number of carbonyl (C=O) groups is 1. The fourth-order valence-corrected chi connectivity index (χ4v) is 3.14. The number of aromatic nitrogens is 2. The van der Waals surface area contributed by atoms with E-state index in [1.165, 1.54) is 0 Å². The smallest absolute Gasteiger partial charge is 0.349 e. The van der Waals surface area contributed by atoms with Gasteiger partial charge in [-0.3, -0.25) is 9.36 Å². The van der Waals surface area contributed by atoms with Crippen molar-refractivity contribution in [2.24, 2.45) is 5.92 Å². The number of anilines is 1. The summed E-state index contributed by atoms with van der Waals surface area (Å²) in [4.78, 5) is 28.3. The van der Waals surface area contributed by atoms with Gasteiger partial charge in [0.05, 0.1) is 0 Å². The van der Waals surface area contributed by atoms with E-state index in [4.69, 9.17) is 0 Å². The van der Waals surface area contributed by atoms with Gasteiger partial charge < -0.3 is 10.4 Å². The molecule has 0 saturated heterocycles. The molecule has 1 fully saturated rings. The molecule has 1 amide bonds. The van der Waals surface area contributed by atoms with E-state index in [1.807, 2.05) is 6.07 Å². The molecule has 0 aliphatic heterocycles. The van der Waals surface area contributed by atoms with E-state index in [2.05, 4.69) is 10.3 Å². The van der Waals surface area contributed by atoms with Crippen LogP contribution in [0.25, 0.3) is 0 Å². The van der Waals surface area contributed by atoms with Crippen LogP contribution in [0.5, 0.6) is 0 Å². The summed E-state index contributed by atoms with van der Waals surface area (Å²) in [6.45, 7) is 0.213. The average molecular weight is 327 g/mol. The fraction of sp³-hybridized carbons (Fsp3) is 0.389. The first-order chi connectivity index (χ1) is 11.7. The maximum atomic E-state index is 12.3. The van der Waals surface area contributed by atoms with Crippen molar-refractivity contribution in [3.8, 4) is 0 Å². The van der Waals surface area contributed by atoms with Gasteiger partial charge in [0.2, 0.25) is 0 Å². The first-order valence-corrected chi connectivity index (χ1v) is 8.24. The van der Waals surface area contributed by atoms with Crippen LogP contribution in [0.3, 0.4) is 0 Å². The summed E-state index contributed by atoms with van der Waals surface area (Å²) < 4.78 is 1.63. The van der Waals surface area contributed by atoms with Crippen LogP contribution in [0.4, 0.5) is 5.82 Å². The number of benzene rings is 1. The lowest BCUT2D eigenvalue weighted by molar-refractivity contribution is 0.102. The molecule has 24 heavy (non-hydrogen) atoms. The highest BCUT2D eigenvalue weighted by Gasteiger charge is 2.22. The van der Waals surface area contributed by atoms with E-state index < -0.39 is 0 Å². The van der Waals surface area contributed by atoms with Gasteiger partial charge >= 0.3 is 5.69 Å². The molecule has 1 aliphatic rings. The van der Waals surface area contributed by atoms with Crippen molar-refractivity contribution >= 4 is 11.7 Å². The van der Waals surface area contributed by atoms with E-state index >= 15 is 0 Å². The molecule has 1 aromatic carbocycles. The maximum Gasteiger partial charge on any atom is 0.349 e. The largest absolute Gasteiger partial charge is 0.396 e. The van der Waals surface area contributed by atoms with E-state index in [-0.39, 0.29) is 30.1 Å².